The summed E-state index contributed by atoms with van der Waals surface area (Å²) < 4.78 is 51.1. The Morgan fingerprint density at radius 1 is 1.08 bits per heavy atom. The third-order valence-electron chi connectivity index (χ3n) is 2.71. The van der Waals surface area contributed by atoms with Crippen molar-refractivity contribution in [3.8, 4) is 6.07 Å². The Bertz CT molecular complexity index is 765. The summed E-state index contributed by atoms with van der Waals surface area (Å²) in [4.78, 5) is 0. The van der Waals surface area contributed by atoms with E-state index in [1.54, 1.807) is 6.07 Å². The van der Waals surface area contributed by atoms with E-state index in [0.29, 0.717) is 5.69 Å². The molecule has 0 unspecified atom stereocenters. The van der Waals surface area contributed by atoms with E-state index in [1.807, 2.05) is 0 Å². The highest BCUT2D eigenvalue weighted by Gasteiger charge is 2.33. The third kappa shape index (κ3) is 6.73. The van der Waals surface area contributed by atoms with Gasteiger partial charge < -0.3 is 10.6 Å². The van der Waals surface area contributed by atoms with Crippen molar-refractivity contribution in [2.24, 2.45) is 0 Å². The predicted octanol–water partition coefficient (Wildman–Crippen LogP) is 6.02. The zero-order chi connectivity index (χ0) is 19.0. The molecule has 0 heterocycles. The van der Waals surface area contributed by atoms with Crippen molar-refractivity contribution in [2.45, 2.75) is 13.1 Å². The summed E-state index contributed by atoms with van der Waals surface area (Å²) in [7, 11) is 0. The average molecular weight is 372 g/mol. The van der Waals surface area contributed by atoms with Gasteiger partial charge in [-0.2, -0.15) is 18.4 Å². The number of nitriles is 1. The van der Waals surface area contributed by atoms with Crippen molar-refractivity contribution >= 4 is 23.0 Å². The number of halogens is 5. The Morgan fingerprint density at radius 2 is 1.56 bits per heavy atom. The van der Waals surface area contributed by atoms with Crippen molar-refractivity contribution < 1.29 is 17.6 Å². The minimum Gasteiger partial charge on any atom is -0.342 e. The second-order valence-corrected chi connectivity index (χ2v) is 5.06. The molecule has 0 radical (unpaired) electrons. The largest absolute Gasteiger partial charge is 0.417 e. The van der Waals surface area contributed by atoms with Crippen LogP contribution in [-0.2, 0) is 6.18 Å². The molecule has 0 saturated heterocycles. The van der Waals surface area contributed by atoms with Crippen LogP contribution >= 0.6 is 11.6 Å². The molecule has 25 heavy (non-hydrogen) atoms. The van der Waals surface area contributed by atoms with Gasteiger partial charge in [-0.15, -0.1) is 0 Å². The van der Waals surface area contributed by atoms with Crippen LogP contribution in [-0.4, -0.2) is 0 Å². The fraction of sp³-hybridized carbons (Fsp3) is 0.118. The molecular weight excluding hydrogens is 358 g/mol. The fourth-order valence-corrected chi connectivity index (χ4v) is 1.96. The van der Waals surface area contributed by atoms with Gasteiger partial charge in [0.25, 0.3) is 0 Å². The van der Waals surface area contributed by atoms with E-state index in [1.165, 1.54) is 37.3 Å². The molecule has 2 aromatic rings. The zero-order valence-electron chi connectivity index (χ0n) is 13.1. The van der Waals surface area contributed by atoms with E-state index in [9.17, 15) is 17.6 Å². The van der Waals surface area contributed by atoms with Gasteiger partial charge in [0.1, 0.15) is 11.6 Å². The first kappa shape index (κ1) is 20.3. The third-order valence-corrected chi connectivity index (χ3v) is 3.04. The molecule has 3 nitrogen and oxygen atoms in total. The van der Waals surface area contributed by atoms with Gasteiger partial charge in [0, 0.05) is 18.3 Å². The molecule has 0 fully saturated rings. The molecule has 2 aromatic carbocycles. The highest BCUT2D eigenvalue weighted by molar-refractivity contribution is 6.31. The van der Waals surface area contributed by atoms with Crippen molar-refractivity contribution in [3.05, 3.63) is 71.3 Å². The maximum absolute atomic E-state index is 12.8. The fourth-order valence-electron chi connectivity index (χ4n) is 1.73. The Hall–Kier alpha value is -2.72. The molecule has 0 saturated carbocycles. The maximum Gasteiger partial charge on any atom is 0.417 e. The SMILES string of the molecule is C=C(Nc1ccc(F)cc1)Nc1ccc(Cl)c(C(F)(F)F)c1.CC#N. The van der Waals surface area contributed by atoms with Gasteiger partial charge in [-0.3, -0.25) is 0 Å². The summed E-state index contributed by atoms with van der Waals surface area (Å²) in [5.74, 6) is -0.154. The Kier molecular flexibility index (Phi) is 7.27. The number of hydrogen-bond acceptors (Lipinski definition) is 3. The summed E-state index contributed by atoms with van der Waals surface area (Å²) in [6.07, 6.45) is -4.54. The quantitative estimate of drug-likeness (QED) is 0.646. The molecule has 8 heteroatoms. The highest BCUT2D eigenvalue weighted by atomic mass is 35.5. The van der Waals surface area contributed by atoms with Crippen LogP contribution in [0.3, 0.4) is 0 Å². The molecule has 0 atom stereocenters. The molecular formula is C17H14ClF4N3. The van der Waals surface area contributed by atoms with Crippen LogP contribution in [0.1, 0.15) is 12.5 Å². The highest BCUT2D eigenvalue weighted by Crippen LogP contribution is 2.36. The van der Waals surface area contributed by atoms with E-state index in [4.69, 9.17) is 16.9 Å². The molecule has 2 N–H and O–H groups in total. The summed E-state index contributed by atoms with van der Waals surface area (Å²) >= 11 is 5.54. The lowest BCUT2D eigenvalue weighted by atomic mass is 10.2. The van der Waals surface area contributed by atoms with E-state index in [2.05, 4.69) is 17.2 Å². The topological polar surface area (TPSA) is 47.8 Å². The summed E-state index contributed by atoms with van der Waals surface area (Å²) in [6.45, 7) is 5.08. The summed E-state index contributed by atoms with van der Waals surface area (Å²) in [5, 5.41) is 12.4. The van der Waals surface area contributed by atoms with E-state index >= 15 is 0 Å². The lowest BCUT2D eigenvalue weighted by molar-refractivity contribution is -0.137. The zero-order valence-corrected chi connectivity index (χ0v) is 13.8. The van der Waals surface area contributed by atoms with Crippen molar-refractivity contribution in [1.29, 1.82) is 5.26 Å². The Labute approximate surface area is 147 Å². The molecule has 132 valence electrons. The second kappa shape index (κ2) is 8.94. The van der Waals surface area contributed by atoms with Crippen molar-refractivity contribution in [2.75, 3.05) is 10.6 Å². The van der Waals surface area contributed by atoms with Crippen LogP contribution in [0.4, 0.5) is 28.9 Å². The molecule has 0 amide bonds. The van der Waals surface area contributed by atoms with E-state index in [0.717, 1.165) is 12.1 Å². The minimum absolute atomic E-state index is 0.177. The van der Waals surface area contributed by atoms with Crippen LogP contribution in [0.5, 0.6) is 0 Å². The van der Waals surface area contributed by atoms with E-state index in [-0.39, 0.29) is 16.5 Å². The molecule has 0 aromatic heterocycles. The van der Waals surface area contributed by atoms with Crippen LogP contribution < -0.4 is 10.6 Å². The molecule has 2 rings (SSSR count). The number of nitrogens with one attached hydrogen (secondary N) is 2. The number of anilines is 2. The van der Waals surface area contributed by atoms with Gasteiger partial charge in [-0.25, -0.2) is 4.39 Å². The normalized spacial score (nSPS) is 10.1. The van der Waals surface area contributed by atoms with Crippen LogP contribution in [0.2, 0.25) is 5.02 Å². The smallest absolute Gasteiger partial charge is 0.342 e. The first-order chi connectivity index (χ1) is 11.7. The van der Waals surface area contributed by atoms with Crippen LogP contribution in [0, 0.1) is 17.1 Å². The number of rotatable bonds is 4. The van der Waals surface area contributed by atoms with E-state index < -0.39 is 17.6 Å². The van der Waals surface area contributed by atoms with Crippen molar-refractivity contribution in [3.63, 3.8) is 0 Å². The summed E-state index contributed by atoms with van der Waals surface area (Å²) in [5.41, 5.74) is -0.214. The lowest BCUT2D eigenvalue weighted by Crippen LogP contribution is -2.10. The first-order valence-electron chi connectivity index (χ1n) is 6.83. The molecule has 0 aliphatic carbocycles. The second-order valence-electron chi connectivity index (χ2n) is 4.65. The molecule has 0 spiro atoms. The minimum atomic E-state index is -4.54. The van der Waals surface area contributed by atoms with Gasteiger partial charge in [-0.1, -0.05) is 18.2 Å². The van der Waals surface area contributed by atoms with Crippen LogP contribution in [0.15, 0.2) is 54.9 Å². The molecule has 0 aliphatic heterocycles. The Balaban J connectivity index is 0.000000970. The van der Waals surface area contributed by atoms with Crippen LogP contribution in [0.25, 0.3) is 0 Å². The average Bonchev–Trinajstić information content (AvgIpc) is 2.51. The van der Waals surface area contributed by atoms with Gasteiger partial charge >= 0.3 is 6.18 Å². The van der Waals surface area contributed by atoms with Gasteiger partial charge in [-0.05, 0) is 42.5 Å². The van der Waals surface area contributed by atoms with Gasteiger partial charge in [0.2, 0.25) is 0 Å². The number of alkyl halides is 3. The molecule has 0 aliphatic rings. The molecule has 0 bridgehead atoms. The van der Waals surface area contributed by atoms with Gasteiger partial charge in [0.05, 0.1) is 16.7 Å². The number of benzene rings is 2. The first-order valence-corrected chi connectivity index (χ1v) is 7.21. The van der Waals surface area contributed by atoms with Crippen molar-refractivity contribution in [1.82, 2.24) is 0 Å². The monoisotopic (exact) mass is 371 g/mol. The number of nitrogens with zero attached hydrogens (tertiary/aromatic N) is 1. The Morgan fingerprint density at radius 3 is 2.08 bits per heavy atom. The predicted molar refractivity (Wildman–Crippen MR) is 90.5 cm³/mol. The maximum atomic E-state index is 12.8. The lowest BCUT2D eigenvalue weighted by Gasteiger charge is -2.15. The standard InChI is InChI=1S/C15H11ClF4N2.C2H3N/c1-9(21-11-4-2-10(17)3-5-11)22-12-6-7-14(16)13(8-12)15(18,19)20;1-2-3/h2-8,21-22H,1H2;1H3. The number of hydrogen-bond donors (Lipinski definition) is 2. The van der Waals surface area contributed by atoms with Gasteiger partial charge in [0.15, 0.2) is 0 Å². The summed E-state index contributed by atoms with van der Waals surface area (Å²) in [6, 6.07) is 10.6.